The molecule has 0 saturated carbocycles. The third kappa shape index (κ3) is 5.49. The van der Waals surface area contributed by atoms with Gasteiger partial charge in [-0.05, 0) is 38.8 Å². The molecule has 1 aliphatic heterocycles. The number of benzene rings is 1. The summed E-state index contributed by atoms with van der Waals surface area (Å²) >= 11 is 11.9. The van der Waals surface area contributed by atoms with Crippen LogP contribution in [-0.2, 0) is 4.79 Å². The summed E-state index contributed by atoms with van der Waals surface area (Å²) in [6.07, 6.45) is -2.46. The van der Waals surface area contributed by atoms with E-state index in [4.69, 9.17) is 23.2 Å². The Labute approximate surface area is 164 Å². The molecule has 0 bridgehead atoms. The number of carbonyl (C=O) groups excluding carboxylic acids is 2. The molecule has 2 rings (SSSR count). The van der Waals surface area contributed by atoms with Crippen molar-refractivity contribution >= 4 is 35.0 Å². The first-order valence-corrected chi connectivity index (χ1v) is 8.75. The van der Waals surface area contributed by atoms with Gasteiger partial charge in [-0.1, -0.05) is 34.8 Å². The predicted molar refractivity (Wildman–Crippen MR) is 97.4 cm³/mol. The van der Waals surface area contributed by atoms with Crippen LogP contribution in [0.15, 0.2) is 41.2 Å². The molecule has 9 heteroatoms. The van der Waals surface area contributed by atoms with Gasteiger partial charge in [-0.15, -0.1) is 0 Å². The highest BCUT2D eigenvalue weighted by Gasteiger charge is 2.32. The molecule has 0 fully saturated rings. The molecule has 2 amide bonds. The molecule has 0 aromatic heterocycles. The molecule has 1 N–H and O–H groups in total. The van der Waals surface area contributed by atoms with Crippen LogP contribution in [0.5, 0.6) is 0 Å². The largest absolute Gasteiger partial charge is 0.406 e. The summed E-state index contributed by atoms with van der Waals surface area (Å²) in [5.74, 6) is -1.59. The minimum Gasteiger partial charge on any atom is -0.342 e. The number of nitrogens with one attached hydrogen (secondary N) is 1. The van der Waals surface area contributed by atoms with E-state index in [-0.39, 0.29) is 33.3 Å². The molecule has 1 aromatic carbocycles. The smallest absolute Gasteiger partial charge is 0.342 e. The highest BCUT2D eigenvalue weighted by Crippen LogP contribution is 2.28. The van der Waals surface area contributed by atoms with Gasteiger partial charge >= 0.3 is 6.18 Å². The van der Waals surface area contributed by atoms with E-state index in [2.05, 4.69) is 5.32 Å². The molecule has 1 aliphatic rings. The van der Waals surface area contributed by atoms with Crippen LogP contribution >= 0.6 is 23.2 Å². The molecular weight excluding hydrogens is 404 g/mol. The molecule has 0 spiro atoms. The van der Waals surface area contributed by atoms with Crippen LogP contribution in [0.1, 0.15) is 37.0 Å². The lowest BCUT2D eigenvalue weighted by Crippen LogP contribution is -2.35. The van der Waals surface area contributed by atoms with Crippen molar-refractivity contribution in [2.24, 2.45) is 0 Å². The number of allylic oxidation sites excluding steroid dienone is 2. The Morgan fingerprint density at radius 1 is 1.11 bits per heavy atom. The molecule has 0 aliphatic carbocycles. The quantitative estimate of drug-likeness (QED) is 0.693. The zero-order chi connectivity index (χ0) is 20.4. The standard InChI is InChI=1S/C18H17Cl2F3N2O2/c1-10-6-7-12(11(2)25(8-10)9-18(21,22)23)16(26)24-17(27)15-13(19)4-3-5-14(15)20/h3-5,8H,6-7,9H2,1-2H3,(H,24,26,27). The molecule has 0 unspecified atom stereocenters. The number of hydrogen-bond acceptors (Lipinski definition) is 3. The lowest BCUT2D eigenvalue weighted by molar-refractivity contribution is -0.137. The Balaban J connectivity index is 2.28. The van der Waals surface area contributed by atoms with Crippen molar-refractivity contribution in [3.8, 4) is 0 Å². The number of imide groups is 1. The Hall–Kier alpha value is -1.99. The molecule has 4 nitrogen and oxygen atoms in total. The van der Waals surface area contributed by atoms with Crippen molar-refractivity contribution in [1.82, 2.24) is 10.2 Å². The number of rotatable bonds is 3. The van der Waals surface area contributed by atoms with Crippen LogP contribution in [0.3, 0.4) is 0 Å². The molecule has 0 atom stereocenters. The number of hydrogen-bond donors (Lipinski definition) is 1. The summed E-state index contributed by atoms with van der Waals surface area (Å²) in [5.41, 5.74) is 0.869. The van der Waals surface area contributed by atoms with E-state index in [9.17, 15) is 22.8 Å². The van der Waals surface area contributed by atoms with Crippen molar-refractivity contribution in [2.45, 2.75) is 32.9 Å². The molecule has 0 radical (unpaired) electrons. The van der Waals surface area contributed by atoms with Crippen LogP contribution < -0.4 is 5.32 Å². The van der Waals surface area contributed by atoms with Gasteiger partial charge in [-0.3, -0.25) is 14.9 Å². The summed E-state index contributed by atoms with van der Waals surface area (Å²) in [6.45, 7) is 1.88. The summed E-state index contributed by atoms with van der Waals surface area (Å²) in [4.78, 5) is 25.9. The van der Waals surface area contributed by atoms with Crippen molar-refractivity contribution in [3.05, 3.63) is 56.9 Å². The Morgan fingerprint density at radius 2 is 1.70 bits per heavy atom. The minimum atomic E-state index is -4.44. The van der Waals surface area contributed by atoms with E-state index in [1.54, 1.807) is 13.0 Å². The Bertz CT molecular complexity index is 812. The molecule has 0 saturated heterocycles. The first-order chi connectivity index (χ1) is 12.5. The Morgan fingerprint density at radius 3 is 2.26 bits per heavy atom. The average Bonchev–Trinajstić information content (AvgIpc) is 2.65. The van der Waals surface area contributed by atoms with E-state index in [1.165, 1.54) is 25.3 Å². The fourth-order valence-corrected chi connectivity index (χ4v) is 3.26. The zero-order valence-electron chi connectivity index (χ0n) is 14.6. The molecule has 1 heterocycles. The maximum absolute atomic E-state index is 12.8. The van der Waals surface area contributed by atoms with Gasteiger partial charge in [-0.2, -0.15) is 13.2 Å². The first kappa shape index (κ1) is 21.3. The van der Waals surface area contributed by atoms with Crippen molar-refractivity contribution in [1.29, 1.82) is 0 Å². The fraction of sp³-hybridized carbons (Fsp3) is 0.333. The highest BCUT2D eigenvalue weighted by atomic mass is 35.5. The van der Waals surface area contributed by atoms with Gasteiger partial charge in [0.15, 0.2) is 0 Å². The lowest BCUT2D eigenvalue weighted by atomic mass is 10.0. The van der Waals surface area contributed by atoms with Gasteiger partial charge in [0.1, 0.15) is 6.54 Å². The summed E-state index contributed by atoms with van der Waals surface area (Å²) in [7, 11) is 0. The van der Waals surface area contributed by atoms with Crippen LogP contribution in [0.4, 0.5) is 13.2 Å². The Kier molecular flexibility index (Phi) is 6.59. The summed E-state index contributed by atoms with van der Waals surface area (Å²) < 4.78 is 38.5. The van der Waals surface area contributed by atoms with Gasteiger partial charge in [0.2, 0.25) is 0 Å². The van der Waals surface area contributed by atoms with E-state index in [0.29, 0.717) is 12.0 Å². The first-order valence-electron chi connectivity index (χ1n) is 7.99. The van der Waals surface area contributed by atoms with Gasteiger partial charge in [0.25, 0.3) is 11.8 Å². The van der Waals surface area contributed by atoms with Crippen LogP contribution in [0, 0.1) is 0 Å². The minimum absolute atomic E-state index is 0.0653. The maximum Gasteiger partial charge on any atom is 0.406 e. The molecular formula is C18H17Cl2F3N2O2. The van der Waals surface area contributed by atoms with Gasteiger partial charge in [-0.25, -0.2) is 0 Å². The lowest BCUT2D eigenvalue weighted by Gasteiger charge is -2.24. The van der Waals surface area contributed by atoms with Crippen molar-refractivity contribution in [3.63, 3.8) is 0 Å². The number of amides is 2. The molecule has 146 valence electrons. The second kappa shape index (κ2) is 8.35. The topological polar surface area (TPSA) is 49.4 Å². The normalized spacial score (nSPS) is 15.4. The van der Waals surface area contributed by atoms with Crippen LogP contribution in [-0.4, -0.2) is 29.4 Å². The number of nitrogens with zero attached hydrogens (tertiary/aromatic N) is 1. The third-order valence-corrected chi connectivity index (χ3v) is 4.68. The summed E-state index contributed by atoms with van der Waals surface area (Å²) in [5, 5.41) is 2.30. The third-order valence-electron chi connectivity index (χ3n) is 4.05. The zero-order valence-corrected chi connectivity index (χ0v) is 16.1. The van der Waals surface area contributed by atoms with Gasteiger partial charge in [0.05, 0.1) is 15.6 Å². The van der Waals surface area contributed by atoms with Crippen molar-refractivity contribution < 1.29 is 22.8 Å². The van der Waals surface area contributed by atoms with E-state index >= 15 is 0 Å². The second-order valence-corrected chi connectivity index (χ2v) is 6.98. The van der Waals surface area contributed by atoms with Crippen LogP contribution in [0.25, 0.3) is 0 Å². The number of alkyl halides is 3. The van der Waals surface area contributed by atoms with E-state index in [1.807, 2.05) is 0 Å². The maximum atomic E-state index is 12.8. The van der Waals surface area contributed by atoms with E-state index < -0.39 is 24.5 Å². The molecule has 1 aromatic rings. The second-order valence-electron chi connectivity index (χ2n) is 6.16. The molecule has 27 heavy (non-hydrogen) atoms. The number of halogens is 5. The van der Waals surface area contributed by atoms with Gasteiger partial charge < -0.3 is 4.90 Å². The van der Waals surface area contributed by atoms with Gasteiger partial charge in [0, 0.05) is 17.5 Å². The number of carbonyl (C=O) groups is 2. The summed E-state index contributed by atoms with van der Waals surface area (Å²) in [6, 6.07) is 4.44. The SMILES string of the molecule is CC1=CN(CC(F)(F)F)C(C)=C(C(=O)NC(=O)c2c(Cl)cccc2Cl)CC1. The fourth-order valence-electron chi connectivity index (χ4n) is 2.69. The van der Waals surface area contributed by atoms with Crippen molar-refractivity contribution in [2.75, 3.05) is 6.54 Å². The monoisotopic (exact) mass is 420 g/mol. The average molecular weight is 421 g/mol. The predicted octanol–water partition coefficient (Wildman–Crippen LogP) is 5.09. The van der Waals surface area contributed by atoms with Crippen LogP contribution in [0.2, 0.25) is 10.0 Å². The highest BCUT2D eigenvalue weighted by molar-refractivity contribution is 6.40. The van der Waals surface area contributed by atoms with E-state index in [0.717, 1.165) is 4.90 Å².